The fraction of sp³-hybridized carbons (Fsp3) is 0.176. The van der Waals surface area contributed by atoms with E-state index in [1.54, 1.807) is 12.1 Å². The smallest absolute Gasteiger partial charge is 0.271 e. The van der Waals surface area contributed by atoms with Crippen molar-refractivity contribution in [2.75, 3.05) is 20.3 Å². The molecule has 0 aromatic heterocycles. The molecule has 0 radical (unpaired) electrons. The first-order valence-corrected chi connectivity index (χ1v) is 7.64. The van der Waals surface area contributed by atoms with Crippen LogP contribution in [0.15, 0.2) is 41.5 Å². The van der Waals surface area contributed by atoms with Crippen molar-refractivity contribution in [2.24, 2.45) is 5.10 Å². The molecular weight excluding hydrogens is 342 g/mol. The molecule has 2 aromatic rings. The average Bonchev–Trinajstić information content (AvgIpc) is 2.67. The SMILES string of the molecule is COc1cc(/C=N\NC(=O)c2ccc([N+](=O)[O-])cc2)cc2c1OCCO2. The minimum absolute atomic E-state index is 0.0894. The Morgan fingerprint density at radius 3 is 2.69 bits per heavy atom. The Morgan fingerprint density at radius 1 is 1.27 bits per heavy atom. The first-order valence-electron chi connectivity index (χ1n) is 7.64. The molecule has 0 spiro atoms. The van der Waals surface area contributed by atoms with Gasteiger partial charge in [-0.15, -0.1) is 0 Å². The van der Waals surface area contributed by atoms with Gasteiger partial charge in [0.25, 0.3) is 11.6 Å². The fourth-order valence-corrected chi connectivity index (χ4v) is 2.33. The predicted octanol–water partition coefficient (Wildman–Crippen LogP) is 2.14. The summed E-state index contributed by atoms with van der Waals surface area (Å²) < 4.78 is 16.3. The lowest BCUT2D eigenvalue weighted by atomic mass is 10.2. The molecule has 1 aliphatic rings. The highest BCUT2D eigenvalue weighted by Gasteiger charge is 2.18. The van der Waals surface area contributed by atoms with E-state index in [0.717, 1.165) is 0 Å². The molecule has 0 atom stereocenters. The Bertz CT molecular complexity index is 846. The van der Waals surface area contributed by atoms with Crippen LogP contribution in [0.5, 0.6) is 17.2 Å². The topological polar surface area (TPSA) is 112 Å². The number of hydrazone groups is 1. The highest BCUT2D eigenvalue weighted by molar-refractivity contribution is 5.95. The number of hydrogen-bond donors (Lipinski definition) is 1. The van der Waals surface area contributed by atoms with E-state index < -0.39 is 10.8 Å². The van der Waals surface area contributed by atoms with Crippen LogP contribution in [0.25, 0.3) is 0 Å². The summed E-state index contributed by atoms with van der Waals surface area (Å²) in [6.07, 6.45) is 1.43. The molecule has 9 nitrogen and oxygen atoms in total. The van der Waals surface area contributed by atoms with Crippen LogP contribution in [0.1, 0.15) is 15.9 Å². The van der Waals surface area contributed by atoms with Gasteiger partial charge in [-0.3, -0.25) is 14.9 Å². The number of amides is 1. The first-order chi connectivity index (χ1) is 12.6. The zero-order valence-electron chi connectivity index (χ0n) is 13.8. The quantitative estimate of drug-likeness (QED) is 0.498. The molecule has 0 fully saturated rings. The van der Waals surface area contributed by atoms with Crippen LogP contribution in [-0.2, 0) is 0 Å². The van der Waals surface area contributed by atoms with Crippen LogP contribution in [0.3, 0.4) is 0 Å². The summed E-state index contributed by atoms with van der Waals surface area (Å²) >= 11 is 0. The van der Waals surface area contributed by atoms with Crippen LogP contribution >= 0.6 is 0 Å². The van der Waals surface area contributed by atoms with Gasteiger partial charge in [0.2, 0.25) is 5.75 Å². The summed E-state index contributed by atoms with van der Waals surface area (Å²) in [5, 5.41) is 14.5. The second-order valence-electron chi connectivity index (χ2n) is 5.25. The second kappa shape index (κ2) is 7.51. The largest absolute Gasteiger partial charge is 0.493 e. The third-order valence-electron chi connectivity index (χ3n) is 3.57. The first kappa shape index (κ1) is 17.2. The molecule has 1 heterocycles. The summed E-state index contributed by atoms with van der Waals surface area (Å²) in [5.74, 6) is 1.09. The number of rotatable bonds is 5. The number of nitro benzene ring substituents is 1. The van der Waals surface area contributed by atoms with Crippen LogP contribution < -0.4 is 19.6 Å². The predicted molar refractivity (Wildman–Crippen MR) is 92.1 cm³/mol. The van der Waals surface area contributed by atoms with E-state index in [1.807, 2.05) is 0 Å². The number of nitrogens with one attached hydrogen (secondary N) is 1. The molecule has 0 bridgehead atoms. The van der Waals surface area contributed by atoms with Gasteiger partial charge < -0.3 is 14.2 Å². The van der Waals surface area contributed by atoms with Crippen LogP contribution in [-0.4, -0.2) is 37.4 Å². The summed E-state index contributed by atoms with van der Waals surface area (Å²) in [6.45, 7) is 0.885. The molecule has 0 saturated heterocycles. The van der Waals surface area contributed by atoms with Gasteiger partial charge in [-0.25, -0.2) is 5.43 Å². The maximum absolute atomic E-state index is 12.0. The monoisotopic (exact) mass is 357 g/mol. The highest BCUT2D eigenvalue weighted by Crippen LogP contribution is 2.39. The Balaban J connectivity index is 1.70. The Morgan fingerprint density at radius 2 is 2.00 bits per heavy atom. The van der Waals surface area contributed by atoms with Crippen molar-refractivity contribution in [3.63, 3.8) is 0 Å². The molecule has 26 heavy (non-hydrogen) atoms. The highest BCUT2D eigenvalue weighted by atomic mass is 16.6. The van der Waals surface area contributed by atoms with Gasteiger partial charge in [0.1, 0.15) is 13.2 Å². The number of benzene rings is 2. The average molecular weight is 357 g/mol. The molecule has 1 N–H and O–H groups in total. The number of fused-ring (bicyclic) bond motifs is 1. The second-order valence-corrected chi connectivity index (χ2v) is 5.25. The number of nitro groups is 1. The van der Waals surface area contributed by atoms with Crippen molar-refractivity contribution in [1.29, 1.82) is 0 Å². The minimum atomic E-state index is -0.533. The molecule has 0 saturated carbocycles. The number of non-ortho nitro benzene ring substituents is 1. The number of ether oxygens (including phenoxy) is 3. The van der Waals surface area contributed by atoms with Crippen molar-refractivity contribution in [3.05, 3.63) is 57.6 Å². The lowest BCUT2D eigenvalue weighted by Gasteiger charge is -2.20. The van der Waals surface area contributed by atoms with Gasteiger partial charge in [-0.2, -0.15) is 5.10 Å². The molecule has 1 amide bonds. The van der Waals surface area contributed by atoms with Gasteiger partial charge in [0.15, 0.2) is 11.5 Å². The molecule has 1 aliphatic heterocycles. The summed E-state index contributed by atoms with van der Waals surface area (Å²) in [5.41, 5.74) is 3.18. The van der Waals surface area contributed by atoms with Crippen molar-refractivity contribution < 1.29 is 23.9 Å². The lowest BCUT2D eigenvalue weighted by Crippen LogP contribution is -2.18. The number of hydrogen-bond acceptors (Lipinski definition) is 7. The lowest BCUT2D eigenvalue weighted by molar-refractivity contribution is -0.384. The summed E-state index contributed by atoms with van der Waals surface area (Å²) in [6, 6.07) is 8.65. The molecule has 3 rings (SSSR count). The van der Waals surface area contributed by atoms with Gasteiger partial charge in [0, 0.05) is 23.3 Å². The Hall–Kier alpha value is -3.62. The van der Waals surface area contributed by atoms with E-state index in [4.69, 9.17) is 14.2 Å². The third-order valence-corrected chi connectivity index (χ3v) is 3.57. The number of nitrogens with zero attached hydrogens (tertiary/aromatic N) is 2. The summed E-state index contributed by atoms with van der Waals surface area (Å²) in [4.78, 5) is 22.1. The fourth-order valence-electron chi connectivity index (χ4n) is 2.33. The zero-order valence-corrected chi connectivity index (χ0v) is 13.8. The molecule has 134 valence electrons. The van der Waals surface area contributed by atoms with E-state index in [9.17, 15) is 14.9 Å². The normalized spacial score (nSPS) is 12.7. The number of carbonyl (C=O) groups is 1. The number of carbonyl (C=O) groups excluding carboxylic acids is 1. The zero-order chi connectivity index (χ0) is 18.5. The molecule has 2 aromatic carbocycles. The van der Waals surface area contributed by atoms with E-state index in [-0.39, 0.29) is 11.3 Å². The van der Waals surface area contributed by atoms with Crippen LogP contribution in [0, 0.1) is 10.1 Å². The van der Waals surface area contributed by atoms with Gasteiger partial charge >= 0.3 is 0 Å². The van der Waals surface area contributed by atoms with E-state index >= 15 is 0 Å². The van der Waals surface area contributed by atoms with Crippen molar-refractivity contribution >= 4 is 17.8 Å². The maximum Gasteiger partial charge on any atom is 0.271 e. The van der Waals surface area contributed by atoms with Gasteiger partial charge in [-0.05, 0) is 24.3 Å². The maximum atomic E-state index is 12.0. The Labute approximate surface area is 148 Å². The molecule has 0 unspecified atom stereocenters. The standard InChI is InChI=1S/C17H15N3O6/c1-24-14-8-11(9-15-16(14)26-7-6-25-15)10-18-19-17(21)12-2-4-13(5-3-12)20(22)23/h2-5,8-10H,6-7H2,1H3,(H,19,21)/b18-10-. The molecular formula is C17H15N3O6. The van der Waals surface area contributed by atoms with Crippen LogP contribution in [0.4, 0.5) is 5.69 Å². The Kier molecular flexibility index (Phi) is 4.97. The van der Waals surface area contributed by atoms with Gasteiger partial charge in [0.05, 0.1) is 18.2 Å². The molecule has 0 aliphatic carbocycles. The van der Waals surface area contributed by atoms with Gasteiger partial charge in [-0.1, -0.05) is 0 Å². The third kappa shape index (κ3) is 3.72. The van der Waals surface area contributed by atoms with E-state index in [0.29, 0.717) is 36.0 Å². The number of methoxy groups -OCH3 is 1. The van der Waals surface area contributed by atoms with Crippen molar-refractivity contribution in [1.82, 2.24) is 5.43 Å². The van der Waals surface area contributed by atoms with Crippen molar-refractivity contribution in [2.45, 2.75) is 0 Å². The van der Waals surface area contributed by atoms with E-state index in [1.165, 1.54) is 37.6 Å². The van der Waals surface area contributed by atoms with E-state index in [2.05, 4.69) is 10.5 Å². The minimum Gasteiger partial charge on any atom is -0.493 e. The van der Waals surface area contributed by atoms with Crippen molar-refractivity contribution in [3.8, 4) is 17.2 Å². The molecule has 9 heteroatoms. The summed E-state index contributed by atoms with van der Waals surface area (Å²) in [7, 11) is 1.52. The van der Waals surface area contributed by atoms with Crippen LogP contribution in [0.2, 0.25) is 0 Å².